The van der Waals surface area contributed by atoms with Crippen molar-refractivity contribution >= 4 is 17.4 Å². The first kappa shape index (κ1) is 16.9. The minimum absolute atomic E-state index is 0.236. The van der Waals surface area contributed by atoms with Crippen molar-refractivity contribution in [2.75, 3.05) is 12.5 Å². The summed E-state index contributed by atoms with van der Waals surface area (Å²) in [6, 6.07) is 10.1. The Morgan fingerprint density at radius 3 is 2.60 bits per heavy atom. The van der Waals surface area contributed by atoms with Crippen LogP contribution in [0.2, 0.25) is 0 Å². The fraction of sp³-hybridized carbons (Fsp3) is 0.471. The standard InChI is InChI=1S/C17H23ClO2/c1-17(2,20-13-7-6-12-18)14-16(19)11-10-15-8-4-3-5-9-15/h3-9H,10-14H2,1-2H3/b7-6+. The van der Waals surface area contributed by atoms with Gasteiger partial charge in [-0.3, -0.25) is 4.79 Å². The Labute approximate surface area is 126 Å². The number of hydrogen-bond donors (Lipinski definition) is 0. The van der Waals surface area contributed by atoms with Gasteiger partial charge in [0, 0.05) is 18.7 Å². The molecule has 0 aromatic heterocycles. The molecule has 0 atom stereocenters. The number of carbonyl (C=O) groups excluding carboxylic acids is 1. The van der Waals surface area contributed by atoms with Gasteiger partial charge in [0.2, 0.25) is 0 Å². The van der Waals surface area contributed by atoms with Crippen LogP contribution < -0.4 is 0 Å². The molecule has 0 spiro atoms. The molecular formula is C17H23ClO2. The summed E-state index contributed by atoms with van der Waals surface area (Å²) < 4.78 is 5.69. The van der Waals surface area contributed by atoms with Crippen LogP contribution in [0.15, 0.2) is 42.5 Å². The molecule has 0 heterocycles. The highest BCUT2D eigenvalue weighted by Crippen LogP contribution is 2.17. The van der Waals surface area contributed by atoms with Gasteiger partial charge in [-0.1, -0.05) is 42.5 Å². The number of alkyl halides is 1. The minimum Gasteiger partial charge on any atom is -0.371 e. The number of Topliss-reactive ketones (excluding diaryl/α,β-unsaturated/α-hetero) is 1. The van der Waals surface area contributed by atoms with Crippen molar-refractivity contribution in [3.05, 3.63) is 48.0 Å². The van der Waals surface area contributed by atoms with Crippen molar-refractivity contribution in [3.8, 4) is 0 Å². The van der Waals surface area contributed by atoms with Gasteiger partial charge in [-0.15, -0.1) is 11.6 Å². The summed E-state index contributed by atoms with van der Waals surface area (Å²) in [7, 11) is 0. The van der Waals surface area contributed by atoms with Crippen LogP contribution in [-0.2, 0) is 16.0 Å². The van der Waals surface area contributed by atoms with Gasteiger partial charge < -0.3 is 4.74 Å². The third-order valence-electron chi connectivity index (χ3n) is 2.98. The Balaban J connectivity index is 2.31. The van der Waals surface area contributed by atoms with Crippen LogP contribution in [0.1, 0.15) is 32.3 Å². The average molecular weight is 295 g/mol. The highest BCUT2D eigenvalue weighted by Gasteiger charge is 2.21. The van der Waals surface area contributed by atoms with Gasteiger partial charge in [0.15, 0.2) is 0 Å². The van der Waals surface area contributed by atoms with E-state index in [1.54, 1.807) is 0 Å². The van der Waals surface area contributed by atoms with Crippen molar-refractivity contribution in [1.29, 1.82) is 0 Å². The maximum absolute atomic E-state index is 12.0. The number of halogens is 1. The van der Waals surface area contributed by atoms with E-state index in [1.165, 1.54) is 5.56 Å². The van der Waals surface area contributed by atoms with Crippen LogP contribution in [0.5, 0.6) is 0 Å². The zero-order chi connectivity index (χ0) is 14.8. The zero-order valence-corrected chi connectivity index (χ0v) is 13.0. The van der Waals surface area contributed by atoms with Crippen molar-refractivity contribution in [2.45, 2.75) is 38.7 Å². The lowest BCUT2D eigenvalue weighted by atomic mass is 9.97. The van der Waals surface area contributed by atoms with E-state index < -0.39 is 5.60 Å². The summed E-state index contributed by atoms with van der Waals surface area (Å²) in [6.07, 6.45) is 5.52. The fourth-order valence-electron chi connectivity index (χ4n) is 1.95. The van der Waals surface area contributed by atoms with E-state index >= 15 is 0 Å². The van der Waals surface area contributed by atoms with Crippen molar-refractivity contribution < 1.29 is 9.53 Å². The first-order valence-corrected chi connectivity index (χ1v) is 7.47. The lowest BCUT2D eigenvalue weighted by Gasteiger charge is -2.23. The largest absolute Gasteiger partial charge is 0.371 e. The van der Waals surface area contributed by atoms with Crippen LogP contribution in [-0.4, -0.2) is 23.9 Å². The van der Waals surface area contributed by atoms with Crippen LogP contribution in [0, 0.1) is 0 Å². The minimum atomic E-state index is -0.426. The fourth-order valence-corrected chi connectivity index (χ4v) is 2.07. The second-order valence-electron chi connectivity index (χ2n) is 5.40. The molecule has 0 saturated heterocycles. The molecule has 20 heavy (non-hydrogen) atoms. The summed E-state index contributed by atoms with van der Waals surface area (Å²) in [4.78, 5) is 12.0. The van der Waals surface area contributed by atoms with E-state index in [4.69, 9.17) is 16.3 Å². The first-order chi connectivity index (χ1) is 9.53. The summed E-state index contributed by atoms with van der Waals surface area (Å²) in [5.74, 6) is 0.722. The molecule has 0 aliphatic carbocycles. The highest BCUT2D eigenvalue weighted by molar-refractivity contribution is 6.18. The molecule has 0 unspecified atom stereocenters. The lowest BCUT2D eigenvalue weighted by Crippen LogP contribution is -2.28. The number of allylic oxidation sites excluding steroid dienone is 1. The molecule has 1 rings (SSSR count). The molecule has 0 fully saturated rings. The normalized spacial score (nSPS) is 11.9. The SMILES string of the molecule is CC(C)(CC(=O)CCc1ccccc1)OC/C=C/CCl. The Bertz CT molecular complexity index is 424. The average Bonchev–Trinajstić information content (AvgIpc) is 2.42. The van der Waals surface area contributed by atoms with E-state index in [-0.39, 0.29) is 5.78 Å². The van der Waals surface area contributed by atoms with Gasteiger partial charge in [-0.25, -0.2) is 0 Å². The molecule has 0 bridgehead atoms. The van der Waals surface area contributed by atoms with Gasteiger partial charge in [-0.2, -0.15) is 0 Å². The summed E-state index contributed by atoms with van der Waals surface area (Å²) in [6.45, 7) is 4.38. The molecule has 0 aliphatic heterocycles. The van der Waals surface area contributed by atoms with Crippen LogP contribution in [0.3, 0.4) is 0 Å². The van der Waals surface area contributed by atoms with Crippen molar-refractivity contribution in [3.63, 3.8) is 0 Å². The molecule has 110 valence electrons. The summed E-state index contributed by atoms with van der Waals surface area (Å²) >= 11 is 5.54. The van der Waals surface area contributed by atoms with Gasteiger partial charge in [0.25, 0.3) is 0 Å². The molecule has 0 radical (unpaired) electrons. The first-order valence-electron chi connectivity index (χ1n) is 6.94. The lowest BCUT2D eigenvalue weighted by molar-refractivity contribution is -0.124. The van der Waals surface area contributed by atoms with Crippen molar-refractivity contribution in [2.24, 2.45) is 0 Å². The third kappa shape index (κ3) is 7.46. The molecule has 0 aliphatic rings. The predicted octanol–water partition coefficient (Wildman–Crippen LogP) is 4.17. The van der Waals surface area contributed by atoms with Gasteiger partial charge in [0.05, 0.1) is 12.2 Å². The Hall–Kier alpha value is -1.12. The molecular weight excluding hydrogens is 272 g/mol. The highest BCUT2D eigenvalue weighted by atomic mass is 35.5. The molecule has 0 saturated carbocycles. The molecule has 3 heteroatoms. The molecule has 2 nitrogen and oxygen atoms in total. The van der Waals surface area contributed by atoms with Crippen LogP contribution in [0.25, 0.3) is 0 Å². The Morgan fingerprint density at radius 1 is 1.25 bits per heavy atom. The van der Waals surface area contributed by atoms with E-state index in [0.29, 0.717) is 25.3 Å². The topological polar surface area (TPSA) is 26.3 Å². The van der Waals surface area contributed by atoms with E-state index in [1.807, 2.05) is 56.3 Å². The van der Waals surface area contributed by atoms with Crippen molar-refractivity contribution in [1.82, 2.24) is 0 Å². The molecule has 1 aromatic rings. The number of benzene rings is 1. The molecule has 0 amide bonds. The zero-order valence-electron chi connectivity index (χ0n) is 12.3. The number of ether oxygens (including phenoxy) is 1. The smallest absolute Gasteiger partial charge is 0.136 e. The predicted molar refractivity (Wildman–Crippen MR) is 84.3 cm³/mol. The van der Waals surface area contributed by atoms with Gasteiger partial charge in [0.1, 0.15) is 5.78 Å². The number of aryl methyl sites for hydroxylation is 1. The van der Waals surface area contributed by atoms with Gasteiger partial charge in [-0.05, 0) is 25.8 Å². The van der Waals surface area contributed by atoms with E-state index in [0.717, 1.165) is 6.42 Å². The quantitative estimate of drug-likeness (QED) is 0.505. The van der Waals surface area contributed by atoms with Crippen LogP contribution in [0.4, 0.5) is 0 Å². The van der Waals surface area contributed by atoms with Gasteiger partial charge >= 0.3 is 0 Å². The maximum atomic E-state index is 12.0. The second-order valence-corrected chi connectivity index (χ2v) is 5.71. The Morgan fingerprint density at radius 2 is 1.95 bits per heavy atom. The number of ketones is 1. The summed E-state index contributed by atoms with van der Waals surface area (Å²) in [5.41, 5.74) is 0.773. The second kappa shape index (κ2) is 8.93. The monoisotopic (exact) mass is 294 g/mol. The number of hydrogen-bond acceptors (Lipinski definition) is 2. The molecule has 1 aromatic carbocycles. The van der Waals surface area contributed by atoms with Crippen LogP contribution >= 0.6 is 11.6 Å². The maximum Gasteiger partial charge on any atom is 0.136 e. The molecule has 0 N–H and O–H groups in total. The number of rotatable bonds is 9. The summed E-state index contributed by atoms with van der Waals surface area (Å²) in [5, 5.41) is 0. The van der Waals surface area contributed by atoms with E-state index in [2.05, 4.69) is 0 Å². The third-order valence-corrected chi connectivity index (χ3v) is 3.16. The number of carbonyl (C=O) groups is 1. The van der Waals surface area contributed by atoms with E-state index in [9.17, 15) is 4.79 Å². The Kier molecular flexibility index (Phi) is 7.56.